The molecule has 2 heterocycles. The predicted octanol–water partition coefficient (Wildman–Crippen LogP) is 4.61. The molecule has 2 aromatic heterocycles. The summed E-state index contributed by atoms with van der Waals surface area (Å²) in [5.41, 5.74) is 4.74. The lowest BCUT2D eigenvalue weighted by Gasteiger charge is -2.15. The van der Waals surface area contributed by atoms with Crippen LogP contribution in [-0.4, -0.2) is 32.6 Å². The highest BCUT2D eigenvalue weighted by atomic mass is 16.2. The van der Waals surface area contributed by atoms with Gasteiger partial charge in [-0.25, -0.2) is 4.68 Å². The SMILES string of the molecule is CN(Cc1cn(-c2ccccc2)nc1-c1ccccc1)C(=O)/C=C/c1cccnc1. The first-order valence-electron chi connectivity index (χ1n) is 9.73. The van der Waals surface area contributed by atoms with E-state index in [9.17, 15) is 4.79 Å². The van der Waals surface area contributed by atoms with E-state index in [4.69, 9.17) is 5.10 Å². The zero-order chi connectivity index (χ0) is 20.8. The third kappa shape index (κ3) is 4.52. The molecule has 0 aliphatic carbocycles. The molecule has 0 atom stereocenters. The minimum atomic E-state index is -0.0784. The Hall–Kier alpha value is -3.99. The van der Waals surface area contributed by atoms with E-state index >= 15 is 0 Å². The fourth-order valence-electron chi connectivity index (χ4n) is 3.18. The van der Waals surface area contributed by atoms with Gasteiger partial charge in [0.1, 0.15) is 0 Å². The highest BCUT2D eigenvalue weighted by molar-refractivity contribution is 5.91. The van der Waals surface area contributed by atoms with Crippen LogP contribution in [0, 0.1) is 0 Å². The number of likely N-dealkylation sites (N-methyl/N-ethyl adjacent to an activating group) is 1. The van der Waals surface area contributed by atoms with Gasteiger partial charge in [0.25, 0.3) is 0 Å². The second kappa shape index (κ2) is 9.01. The number of amides is 1. The Morgan fingerprint density at radius 2 is 1.73 bits per heavy atom. The fraction of sp³-hybridized carbons (Fsp3) is 0.0800. The average molecular weight is 394 g/mol. The predicted molar refractivity (Wildman–Crippen MR) is 119 cm³/mol. The molecule has 0 bridgehead atoms. The Morgan fingerprint density at radius 1 is 1.00 bits per heavy atom. The zero-order valence-corrected chi connectivity index (χ0v) is 16.7. The number of carbonyl (C=O) groups excluding carboxylic acids is 1. The first-order valence-corrected chi connectivity index (χ1v) is 9.73. The maximum absolute atomic E-state index is 12.6. The molecule has 0 fully saturated rings. The zero-order valence-electron chi connectivity index (χ0n) is 16.7. The molecule has 0 aliphatic rings. The number of benzene rings is 2. The quantitative estimate of drug-likeness (QED) is 0.449. The van der Waals surface area contributed by atoms with Gasteiger partial charge in [-0.1, -0.05) is 54.6 Å². The van der Waals surface area contributed by atoms with Gasteiger partial charge in [-0.05, 0) is 29.8 Å². The maximum Gasteiger partial charge on any atom is 0.246 e. The lowest BCUT2D eigenvalue weighted by molar-refractivity contribution is -0.125. The Labute approximate surface area is 175 Å². The van der Waals surface area contributed by atoms with Crippen molar-refractivity contribution in [1.82, 2.24) is 19.7 Å². The number of nitrogens with zero attached hydrogens (tertiary/aromatic N) is 4. The molecule has 4 aromatic rings. The number of carbonyl (C=O) groups is 1. The van der Waals surface area contributed by atoms with Crippen molar-refractivity contribution in [3.05, 3.63) is 109 Å². The second-order valence-corrected chi connectivity index (χ2v) is 6.96. The van der Waals surface area contributed by atoms with E-state index in [1.807, 2.05) is 83.7 Å². The highest BCUT2D eigenvalue weighted by Gasteiger charge is 2.15. The topological polar surface area (TPSA) is 51.0 Å². The van der Waals surface area contributed by atoms with Crippen molar-refractivity contribution in [3.8, 4) is 16.9 Å². The van der Waals surface area contributed by atoms with Crippen molar-refractivity contribution >= 4 is 12.0 Å². The summed E-state index contributed by atoms with van der Waals surface area (Å²) in [5.74, 6) is -0.0784. The van der Waals surface area contributed by atoms with E-state index in [1.54, 1.807) is 36.5 Å². The number of rotatable bonds is 6. The molecule has 0 saturated heterocycles. The monoisotopic (exact) mass is 394 g/mol. The van der Waals surface area contributed by atoms with E-state index in [2.05, 4.69) is 4.98 Å². The van der Waals surface area contributed by atoms with Gasteiger partial charge in [-0.3, -0.25) is 9.78 Å². The van der Waals surface area contributed by atoms with E-state index in [1.165, 1.54) is 0 Å². The van der Waals surface area contributed by atoms with Gasteiger partial charge in [0.2, 0.25) is 5.91 Å². The molecule has 0 saturated carbocycles. The van der Waals surface area contributed by atoms with Gasteiger partial charge in [0, 0.05) is 49.4 Å². The van der Waals surface area contributed by atoms with E-state index in [0.29, 0.717) is 6.54 Å². The molecule has 5 nitrogen and oxygen atoms in total. The molecular weight excluding hydrogens is 372 g/mol. The van der Waals surface area contributed by atoms with E-state index < -0.39 is 0 Å². The first-order chi connectivity index (χ1) is 14.7. The fourth-order valence-corrected chi connectivity index (χ4v) is 3.18. The molecule has 4 rings (SSSR count). The number of para-hydroxylation sites is 1. The number of hydrogen-bond donors (Lipinski definition) is 0. The lowest BCUT2D eigenvalue weighted by atomic mass is 10.1. The summed E-state index contributed by atoms with van der Waals surface area (Å²) >= 11 is 0. The smallest absolute Gasteiger partial charge is 0.246 e. The second-order valence-electron chi connectivity index (χ2n) is 6.96. The van der Waals surface area contributed by atoms with Gasteiger partial charge < -0.3 is 4.90 Å². The van der Waals surface area contributed by atoms with E-state index in [0.717, 1.165) is 28.1 Å². The van der Waals surface area contributed by atoms with Crippen LogP contribution in [0.15, 0.2) is 97.5 Å². The van der Waals surface area contributed by atoms with Gasteiger partial charge in [-0.2, -0.15) is 5.10 Å². The van der Waals surface area contributed by atoms with Gasteiger partial charge in [0.15, 0.2) is 0 Å². The first kappa shape index (κ1) is 19.3. The van der Waals surface area contributed by atoms with Crippen LogP contribution in [0.25, 0.3) is 23.0 Å². The summed E-state index contributed by atoms with van der Waals surface area (Å²) < 4.78 is 1.86. The maximum atomic E-state index is 12.6. The van der Waals surface area contributed by atoms with Crippen LogP contribution in [0.4, 0.5) is 0 Å². The number of pyridine rings is 1. The van der Waals surface area contributed by atoms with Crippen molar-refractivity contribution in [2.24, 2.45) is 0 Å². The molecule has 0 radical (unpaired) electrons. The van der Waals surface area contributed by atoms with Crippen molar-refractivity contribution in [1.29, 1.82) is 0 Å². The van der Waals surface area contributed by atoms with Gasteiger partial charge >= 0.3 is 0 Å². The highest BCUT2D eigenvalue weighted by Crippen LogP contribution is 2.24. The molecule has 0 aliphatic heterocycles. The molecule has 1 amide bonds. The number of hydrogen-bond acceptors (Lipinski definition) is 3. The third-order valence-corrected chi connectivity index (χ3v) is 4.74. The molecule has 0 spiro atoms. The van der Waals surface area contributed by atoms with Crippen molar-refractivity contribution in [3.63, 3.8) is 0 Å². The summed E-state index contributed by atoms with van der Waals surface area (Å²) in [7, 11) is 1.80. The minimum Gasteiger partial charge on any atom is -0.338 e. The van der Waals surface area contributed by atoms with Crippen LogP contribution in [-0.2, 0) is 11.3 Å². The van der Waals surface area contributed by atoms with Crippen molar-refractivity contribution in [2.45, 2.75) is 6.54 Å². The van der Waals surface area contributed by atoms with Crippen LogP contribution in [0.1, 0.15) is 11.1 Å². The van der Waals surface area contributed by atoms with Crippen LogP contribution in [0.5, 0.6) is 0 Å². The summed E-state index contributed by atoms with van der Waals surface area (Å²) in [4.78, 5) is 18.4. The Kier molecular flexibility index (Phi) is 5.80. The molecule has 0 N–H and O–H groups in total. The molecule has 2 aromatic carbocycles. The standard InChI is InChI=1S/C25H22N4O/c1-28(24(30)15-14-20-9-8-16-26-17-20)18-22-19-29(23-12-6-3-7-13-23)27-25(22)21-10-4-2-5-11-21/h2-17,19H,18H2,1H3/b15-14+. The minimum absolute atomic E-state index is 0.0784. The average Bonchev–Trinajstić information content (AvgIpc) is 3.23. The molecule has 148 valence electrons. The van der Waals surface area contributed by atoms with Gasteiger partial charge in [0.05, 0.1) is 11.4 Å². The van der Waals surface area contributed by atoms with Gasteiger partial charge in [-0.15, -0.1) is 0 Å². The summed E-state index contributed by atoms with van der Waals surface area (Å²) in [6.07, 6.45) is 8.77. The lowest BCUT2D eigenvalue weighted by Crippen LogP contribution is -2.24. The summed E-state index contributed by atoms with van der Waals surface area (Å²) in [6, 6.07) is 23.8. The molecule has 30 heavy (non-hydrogen) atoms. The van der Waals surface area contributed by atoms with Crippen LogP contribution in [0.2, 0.25) is 0 Å². The summed E-state index contributed by atoms with van der Waals surface area (Å²) in [5, 5.41) is 4.81. The molecular formula is C25H22N4O. The van der Waals surface area contributed by atoms with Crippen molar-refractivity contribution < 1.29 is 4.79 Å². The van der Waals surface area contributed by atoms with Crippen LogP contribution >= 0.6 is 0 Å². The van der Waals surface area contributed by atoms with E-state index in [-0.39, 0.29) is 5.91 Å². The molecule has 0 unspecified atom stereocenters. The van der Waals surface area contributed by atoms with Crippen molar-refractivity contribution in [2.75, 3.05) is 7.05 Å². The molecule has 5 heteroatoms. The Balaban J connectivity index is 1.60. The Bertz CT molecular complexity index is 1140. The summed E-state index contributed by atoms with van der Waals surface area (Å²) in [6.45, 7) is 0.452. The third-order valence-electron chi connectivity index (χ3n) is 4.74. The Morgan fingerprint density at radius 3 is 2.43 bits per heavy atom. The van der Waals surface area contributed by atoms with Crippen LogP contribution in [0.3, 0.4) is 0 Å². The largest absolute Gasteiger partial charge is 0.338 e. The number of aromatic nitrogens is 3. The van der Waals surface area contributed by atoms with Crippen LogP contribution < -0.4 is 0 Å². The normalized spacial score (nSPS) is 11.0.